The number of rotatable bonds is 4. The van der Waals surface area contributed by atoms with Crippen LogP contribution in [0.4, 0.5) is 0 Å². The molecule has 3 N–H and O–H groups in total. The van der Waals surface area contributed by atoms with E-state index in [2.05, 4.69) is 9.97 Å². The van der Waals surface area contributed by atoms with Crippen LogP contribution >= 0.6 is 0 Å². The lowest BCUT2D eigenvalue weighted by molar-refractivity contribution is 0.328. The highest BCUT2D eigenvalue weighted by molar-refractivity contribution is 5.59. The lowest BCUT2D eigenvalue weighted by Gasteiger charge is -2.05. The van der Waals surface area contributed by atoms with Crippen molar-refractivity contribution in [3.63, 3.8) is 0 Å². The Morgan fingerprint density at radius 3 is 2.71 bits per heavy atom. The number of aromatic amines is 1. The zero-order chi connectivity index (χ0) is 12.1. The number of ether oxygens (including phenoxy) is 1. The SMILES string of the molecule is NCCOc1ccc(-c2cc(=O)[nH]cn2)cc1. The van der Waals surface area contributed by atoms with Crippen LogP contribution in [0.5, 0.6) is 5.75 Å². The molecule has 0 spiro atoms. The zero-order valence-corrected chi connectivity index (χ0v) is 9.22. The summed E-state index contributed by atoms with van der Waals surface area (Å²) >= 11 is 0. The first-order valence-electron chi connectivity index (χ1n) is 5.27. The maximum absolute atomic E-state index is 11.1. The Morgan fingerprint density at radius 1 is 1.29 bits per heavy atom. The van der Waals surface area contributed by atoms with Crippen molar-refractivity contribution in [2.75, 3.05) is 13.2 Å². The number of hydrogen-bond acceptors (Lipinski definition) is 4. The predicted octanol–water partition coefficient (Wildman–Crippen LogP) is 0.774. The second-order valence-electron chi connectivity index (χ2n) is 3.46. The Bertz CT molecular complexity index is 534. The smallest absolute Gasteiger partial charge is 0.251 e. The summed E-state index contributed by atoms with van der Waals surface area (Å²) in [5.74, 6) is 0.754. The Hall–Kier alpha value is -2.14. The highest BCUT2D eigenvalue weighted by atomic mass is 16.5. The van der Waals surface area contributed by atoms with Crippen molar-refractivity contribution in [3.05, 3.63) is 47.0 Å². The molecule has 2 aromatic rings. The largest absolute Gasteiger partial charge is 0.492 e. The van der Waals surface area contributed by atoms with E-state index in [-0.39, 0.29) is 5.56 Å². The first-order chi connectivity index (χ1) is 8.29. The number of aromatic nitrogens is 2. The maximum Gasteiger partial charge on any atom is 0.251 e. The standard InChI is InChI=1S/C12H13N3O2/c13-5-6-17-10-3-1-9(2-4-10)11-7-12(16)15-8-14-11/h1-4,7-8H,5-6,13H2,(H,14,15,16). The lowest BCUT2D eigenvalue weighted by atomic mass is 10.1. The molecule has 0 fully saturated rings. The molecule has 2 rings (SSSR count). The first kappa shape index (κ1) is 11.3. The van der Waals surface area contributed by atoms with E-state index in [4.69, 9.17) is 10.5 Å². The fourth-order valence-electron chi connectivity index (χ4n) is 1.43. The van der Waals surface area contributed by atoms with Gasteiger partial charge < -0.3 is 15.5 Å². The number of nitrogens with one attached hydrogen (secondary N) is 1. The van der Waals surface area contributed by atoms with Gasteiger partial charge in [0.25, 0.3) is 5.56 Å². The monoisotopic (exact) mass is 231 g/mol. The molecule has 0 unspecified atom stereocenters. The normalized spacial score (nSPS) is 10.2. The van der Waals surface area contributed by atoms with Crippen molar-refractivity contribution in [3.8, 4) is 17.0 Å². The van der Waals surface area contributed by atoms with Crippen LogP contribution < -0.4 is 16.0 Å². The predicted molar refractivity (Wildman–Crippen MR) is 64.8 cm³/mol. The maximum atomic E-state index is 11.1. The lowest BCUT2D eigenvalue weighted by Crippen LogP contribution is -2.10. The third-order valence-electron chi connectivity index (χ3n) is 2.21. The van der Waals surface area contributed by atoms with E-state index in [1.807, 2.05) is 24.3 Å². The third-order valence-corrected chi connectivity index (χ3v) is 2.21. The van der Waals surface area contributed by atoms with Gasteiger partial charge in [0, 0.05) is 18.2 Å². The van der Waals surface area contributed by atoms with E-state index in [1.54, 1.807) is 0 Å². The quantitative estimate of drug-likeness (QED) is 0.814. The summed E-state index contributed by atoms with van der Waals surface area (Å²) in [4.78, 5) is 17.7. The first-order valence-corrected chi connectivity index (χ1v) is 5.27. The van der Waals surface area contributed by atoms with E-state index < -0.39 is 0 Å². The molecule has 0 aliphatic carbocycles. The van der Waals surface area contributed by atoms with Gasteiger partial charge in [-0.15, -0.1) is 0 Å². The van der Waals surface area contributed by atoms with Gasteiger partial charge in [-0.25, -0.2) is 4.98 Å². The van der Waals surface area contributed by atoms with Crippen LogP contribution in [0.2, 0.25) is 0 Å². The van der Waals surface area contributed by atoms with Gasteiger partial charge in [-0.3, -0.25) is 4.79 Å². The Balaban J connectivity index is 2.20. The van der Waals surface area contributed by atoms with Crippen molar-refractivity contribution in [1.29, 1.82) is 0 Å². The van der Waals surface area contributed by atoms with Gasteiger partial charge in [0.2, 0.25) is 0 Å². The summed E-state index contributed by atoms with van der Waals surface area (Å²) in [6.07, 6.45) is 1.39. The second-order valence-corrected chi connectivity index (χ2v) is 3.46. The molecule has 1 aromatic heterocycles. The minimum Gasteiger partial charge on any atom is -0.492 e. The van der Waals surface area contributed by atoms with E-state index in [1.165, 1.54) is 12.4 Å². The highest BCUT2D eigenvalue weighted by Gasteiger charge is 2.00. The number of benzene rings is 1. The topological polar surface area (TPSA) is 81.0 Å². The molecule has 0 bridgehead atoms. The van der Waals surface area contributed by atoms with E-state index in [0.717, 1.165) is 11.3 Å². The molecule has 0 aliphatic heterocycles. The van der Waals surface area contributed by atoms with E-state index in [9.17, 15) is 4.79 Å². The summed E-state index contributed by atoms with van der Waals surface area (Å²) in [6, 6.07) is 8.82. The highest BCUT2D eigenvalue weighted by Crippen LogP contribution is 2.19. The number of nitrogens with zero attached hydrogens (tertiary/aromatic N) is 1. The van der Waals surface area contributed by atoms with E-state index >= 15 is 0 Å². The number of H-pyrrole nitrogens is 1. The number of nitrogens with two attached hydrogens (primary N) is 1. The van der Waals surface area contributed by atoms with Gasteiger partial charge in [-0.05, 0) is 24.3 Å². The Labute approximate surface area is 98.3 Å². The molecule has 1 aromatic carbocycles. The third kappa shape index (κ3) is 2.92. The molecular formula is C12H13N3O2. The molecule has 17 heavy (non-hydrogen) atoms. The summed E-state index contributed by atoms with van der Waals surface area (Å²) in [5.41, 5.74) is 6.68. The number of hydrogen-bond donors (Lipinski definition) is 2. The van der Waals surface area contributed by atoms with Gasteiger partial charge in [0.15, 0.2) is 0 Å². The molecule has 0 aliphatic rings. The molecule has 0 atom stereocenters. The van der Waals surface area contributed by atoms with Crippen molar-refractivity contribution in [2.45, 2.75) is 0 Å². The van der Waals surface area contributed by atoms with Gasteiger partial charge in [0.1, 0.15) is 12.4 Å². The van der Waals surface area contributed by atoms with Crippen molar-refractivity contribution < 1.29 is 4.74 Å². The zero-order valence-electron chi connectivity index (χ0n) is 9.22. The molecule has 5 nitrogen and oxygen atoms in total. The summed E-state index contributed by atoms with van der Waals surface area (Å²) in [5, 5.41) is 0. The van der Waals surface area contributed by atoms with Crippen LogP contribution in [0.1, 0.15) is 0 Å². The fraction of sp³-hybridized carbons (Fsp3) is 0.167. The summed E-state index contributed by atoms with van der Waals surface area (Å²) in [6.45, 7) is 0.972. The minimum absolute atomic E-state index is 0.168. The second kappa shape index (κ2) is 5.27. The van der Waals surface area contributed by atoms with Crippen LogP contribution in [-0.2, 0) is 0 Å². The summed E-state index contributed by atoms with van der Waals surface area (Å²) < 4.78 is 5.36. The van der Waals surface area contributed by atoms with Crippen LogP contribution in [0.15, 0.2) is 41.5 Å². The van der Waals surface area contributed by atoms with Crippen molar-refractivity contribution in [2.24, 2.45) is 5.73 Å². The molecule has 0 radical (unpaired) electrons. The van der Waals surface area contributed by atoms with Gasteiger partial charge in [0.05, 0.1) is 12.0 Å². The average Bonchev–Trinajstić information content (AvgIpc) is 2.37. The van der Waals surface area contributed by atoms with Crippen LogP contribution in [0.3, 0.4) is 0 Å². The van der Waals surface area contributed by atoms with E-state index in [0.29, 0.717) is 18.8 Å². The van der Waals surface area contributed by atoms with Crippen molar-refractivity contribution in [1.82, 2.24) is 9.97 Å². The van der Waals surface area contributed by atoms with Crippen LogP contribution in [0.25, 0.3) is 11.3 Å². The molecule has 1 heterocycles. The molecule has 88 valence electrons. The fourth-order valence-corrected chi connectivity index (χ4v) is 1.43. The molecule has 5 heteroatoms. The molecule has 0 amide bonds. The summed E-state index contributed by atoms with van der Waals surface area (Å²) in [7, 11) is 0. The molecule has 0 saturated heterocycles. The average molecular weight is 231 g/mol. The van der Waals surface area contributed by atoms with Crippen molar-refractivity contribution >= 4 is 0 Å². The van der Waals surface area contributed by atoms with Gasteiger partial charge >= 0.3 is 0 Å². The van der Waals surface area contributed by atoms with Crippen LogP contribution in [-0.4, -0.2) is 23.1 Å². The molecule has 0 saturated carbocycles. The Morgan fingerprint density at radius 2 is 2.06 bits per heavy atom. The van der Waals surface area contributed by atoms with Gasteiger partial charge in [-0.1, -0.05) is 0 Å². The minimum atomic E-state index is -0.168. The van der Waals surface area contributed by atoms with Gasteiger partial charge in [-0.2, -0.15) is 0 Å². The van der Waals surface area contributed by atoms with Crippen LogP contribution in [0, 0.1) is 0 Å². The Kier molecular flexibility index (Phi) is 3.52. The molecular weight excluding hydrogens is 218 g/mol.